The molecule has 0 rings (SSSR count). The van der Waals surface area contributed by atoms with Crippen molar-refractivity contribution in [2.75, 3.05) is 18.3 Å². The second-order valence-electron chi connectivity index (χ2n) is 2.51. The lowest BCUT2D eigenvalue weighted by Crippen LogP contribution is -1.96. The number of thiocyanates is 1. The first-order valence-electron chi connectivity index (χ1n) is 3.14. The smallest absolute Gasteiger partial charge is 0.113 e. The van der Waals surface area contributed by atoms with Crippen molar-refractivity contribution in [3.8, 4) is 17.2 Å². The second-order valence-corrected chi connectivity index (χ2v) is 6.18. The molecule has 0 spiro atoms. The van der Waals surface area contributed by atoms with E-state index in [4.69, 9.17) is 5.26 Å². The maximum Gasteiger partial charge on any atom is 0.113 e. The predicted octanol–water partition coefficient (Wildman–Crippen LogP) is 1.95. The summed E-state index contributed by atoms with van der Waals surface area (Å²) in [4.78, 5) is 0. The Hall–Kier alpha value is -0.600. The average Bonchev–Trinajstić information content (AvgIpc) is 1.89. The molecule has 0 aromatic heterocycles. The Bertz CT molecular complexity index is 190. The number of hydrogen-bond donors (Lipinski definition) is 0. The van der Waals surface area contributed by atoms with Crippen molar-refractivity contribution < 1.29 is 0 Å². The molecule has 0 saturated carbocycles. The van der Waals surface area contributed by atoms with Crippen molar-refractivity contribution in [2.45, 2.75) is 13.3 Å². The number of rotatable bonds is 2. The van der Waals surface area contributed by atoms with Crippen molar-refractivity contribution in [2.24, 2.45) is 0 Å². The van der Waals surface area contributed by atoms with Crippen LogP contribution in [0.4, 0.5) is 0 Å². The Morgan fingerprint density at radius 2 is 2.00 bits per heavy atom. The molecule has 0 saturated heterocycles. The van der Waals surface area contributed by atoms with Crippen LogP contribution in [-0.2, 0) is 0 Å². The van der Waals surface area contributed by atoms with E-state index in [2.05, 4.69) is 17.2 Å². The summed E-state index contributed by atoms with van der Waals surface area (Å²) in [5, 5.41) is 10.9. The van der Waals surface area contributed by atoms with E-state index in [1.54, 1.807) is 0 Å². The van der Waals surface area contributed by atoms with E-state index < -0.39 is 10.0 Å². The molecule has 0 aromatic carbocycles. The first kappa shape index (κ1) is 9.40. The van der Waals surface area contributed by atoms with Gasteiger partial charge in [-0.1, -0.05) is 0 Å². The Morgan fingerprint density at radius 3 is 2.40 bits per heavy atom. The van der Waals surface area contributed by atoms with Gasteiger partial charge in [-0.2, -0.15) is 15.3 Å². The highest BCUT2D eigenvalue weighted by molar-refractivity contribution is 8.36. The van der Waals surface area contributed by atoms with Crippen LogP contribution in [0.1, 0.15) is 13.3 Å². The van der Waals surface area contributed by atoms with Crippen LogP contribution in [0.5, 0.6) is 0 Å². The van der Waals surface area contributed by atoms with Crippen molar-refractivity contribution in [3.63, 3.8) is 0 Å². The molecule has 0 aliphatic carbocycles. The summed E-state index contributed by atoms with van der Waals surface area (Å²) >= 11 is 0. The number of nitriles is 1. The molecule has 0 amide bonds. The lowest BCUT2D eigenvalue weighted by molar-refractivity contribution is 1.28. The fourth-order valence-electron chi connectivity index (χ4n) is 0.477. The minimum atomic E-state index is -0.989. The molecule has 0 heterocycles. The number of nitrogens with zero attached hydrogens (tertiary/aromatic N) is 1. The van der Waals surface area contributed by atoms with Gasteiger partial charge in [-0.05, 0) is 25.2 Å². The van der Waals surface area contributed by atoms with Gasteiger partial charge in [0, 0.05) is 6.42 Å². The SMILES string of the molecule is CC#CCCS(C)(C)C#N. The third kappa shape index (κ3) is 4.30. The second kappa shape index (κ2) is 4.25. The summed E-state index contributed by atoms with van der Waals surface area (Å²) < 4.78 is 0. The van der Waals surface area contributed by atoms with Gasteiger partial charge >= 0.3 is 0 Å². The van der Waals surface area contributed by atoms with E-state index in [-0.39, 0.29) is 0 Å². The molecule has 0 radical (unpaired) electrons. The first-order chi connectivity index (χ1) is 4.62. The zero-order valence-corrected chi connectivity index (χ0v) is 7.59. The highest BCUT2D eigenvalue weighted by Gasteiger charge is 2.07. The Labute approximate surface area is 64.7 Å². The average molecular weight is 155 g/mol. The van der Waals surface area contributed by atoms with E-state index in [1.807, 2.05) is 19.4 Å². The van der Waals surface area contributed by atoms with Gasteiger partial charge in [-0.15, -0.1) is 11.8 Å². The fourth-order valence-corrected chi connectivity index (χ4v) is 1.18. The molecule has 0 fully saturated rings. The summed E-state index contributed by atoms with van der Waals surface area (Å²) in [5.41, 5.74) is 0. The molecule has 1 nitrogen and oxygen atoms in total. The van der Waals surface area contributed by atoms with Gasteiger partial charge in [0.15, 0.2) is 0 Å². The molecule has 2 heteroatoms. The van der Waals surface area contributed by atoms with Crippen molar-refractivity contribution >= 4 is 10.0 Å². The summed E-state index contributed by atoms with van der Waals surface area (Å²) in [7, 11) is -0.989. The molecule has 0 atom stereocenters. The van der Waals surface area contributed by atoms with Gasteiger partial charge in [0.1, 0.15) is 5.40 Å². The van der Waals surface area contributed by atoms with E-state index in [1.165, 1.54) is 0 Å². The summed E-state index contributed by atoms with van der Waals surface area (Å²) in [6, 6.07) is 0. The van der Waals surface area contributed by atoms with Crippen LogP contribution in [0.2, 0.25) is 0 Å². The van der Waals surface area contributed by atoms with E-state index in [0.717, 1.165) is 12.2 Å². The lowest BCUT2D eigenvalue weighted by atomic mass is 10.5. The monoisotopic (exact) mass is 155 g/mol. The maximum atomic E-state index is 8.63. The zero-order chi connectivity index (χ0) is 8.04. The highest BCUT2D eigenvalue weighted by atomic mass is 32.3. The van der Waals surface area contributed by atoms with E-state index in [0.29, 0.717) is 0 Å². The Morgan fingerprint density at radius 1 is 1.40 bits per heavy atom. The van der Waals surface area contributed by atoms with Crippen LogP contribution in [0.15, 0.2) is 0 Å². The van der Waals surface area contributed by atoms with E-state index in [9.17, 15) is 0 Å². The predicted molar refractivity (Wildman–Crippen MR) is 48.0 cm³/mol. The van der Waals surface area contributed by atoms with Gasteiger partial charge in [0.05, 0.1) is 0 Å². The van der Waals surface area contributed by atoms with E-state index >= 15 is 0 Å². The van der Waals surface area contributed by atoms with Crippen molar-refractivity contribution in [1.82, 2.24) is 0 Å². The van der Waals surface area contributed by atoms with Crippen LogP contribution in [0.25, 0.3) is 0 Å². The molecule has 0 N–H and O–H groups in total. The molecular formula is C8H13NS. The lowest BCUT2D eigenvalue weighted by Gasteiger charge is -2.18. The van der Waals surface area contributed by atoms with Gasteiger partial charge < -0.3 is 0 Å². The molecular weight excluding hydrogens is 142 g/mol. The third-order valence-corrected chi connectivity index (χ3v) is 2.88. The largest absolute Gasteiger partial charge is 0.187 e. The van der Waals surface area contributed by atoms with Gasteiger partial charge in [-0.3, -0.25) is 0 Å². The quantitative estimate of drug-likeness (QED) is 0.441. The molecule has 10 heavy (non-hydrogen) atoms. The van der Waals surface area contributed by atoms with Crippen LogP contribution < -0.4 is 0 Å². The molecule has 0 bridgehead atoms. The van der Waals surface area contributed by atoms with Crippen molar-refractivity contribution in [3.05, 3.63) is 0 Å². The molecule has 56 valence electrons. The van der Waals surface area contributed by atoms with Crippen molar-refractivity contribution in [1.29, 1.82) is 5.26 Å². The number of hydrogen-bond acceptors (Lipinski definition) is 1. The molecule has 0 aliphatic rings. The third-order valence-electron chi connectivity index (χ3n) is 1.16. The van der Waals surface area contributed by atoms with Crippen LogP contribution >= 0.6 is 10.0 Å². The van der Waals surface area contributed by atoms with Crippen LogP contribution in [0, 0.1) is 22.5 Å². The summed E-state index contributed by atoms with van der Waals surface area (Å²) in [6.07, 6.45) is 4.90. The minimum absolute atomic E-state index is 0.867. The Kier molecular flexibility index (Phi) is 4.00. The molecule has 0 aromatic rings. The summed E-state index contributed by atoms with van der Waals surface area (Å²) in [6.45, 7) is 1.83. The molecule has 0 unspecified atom stereocenters. The Balaban J connectivity index is 3.67. The molecule has 0 aliphatic heterocycles. The first-order valence-corrected chi connectivity index (χ1v) is 5.76. The normalized spacial score (nSPS) is 11.0. The van der Waals surface area contributed by atoms with Gasteiger partial charge in [-0.25, -0.2) is 0 Å². The highest BCUT2D eigenvalue weighted by Crippen LogP contribution is 2.37. The topological polar surface area (TPSA) is 23.8 Å². The minimum Gasteiger partial charge on any atom is -0.187 e. The van der Waals surface area contributed by atoms with Crippen LogP contribution in [0.3, 0.4) is 0 Å². The van der Waals surface area contributed by atoms with Crippen LogP contribution in [-0.4, -0.2) is 18.3 Å². The maximum absolute atomic E-state index is 8.63. The van der Waals surface area contributed by atoms with Gasteiger partial charge in [0.25, 0.3) is 0 Å². The zero-order valence-electron chi connectivity index (χ0n) is 6.77. The standard InChI is InChI=1S/C8H13NS/c1-4-5-6-7-10(2,3)8-9/h6-7H2,1-3H3. The summed E-state index contributed by atoms with van der Waals surface area (Å²) in [5.74, 6) is 6.73. The fraction of sp³-hybridized carbons (Fsp3) is 0.625. The van der Waals surface area contributed by atoms with Gasteiger partial charge in [0.2, 0.25) is 0 Å².